The van der Waals surface area contributed by atoms with Crippen LogP contribution < -0.4 is 20.1 Å². The Hall–Kier alpha value is -2.82. The minimum Gasteiger partial charge on any atom is -0.493 e. The number of guanidine groups is 1. The number of aliphatic imine (C=N–C) groups is 1. The highest BCUT2D eigenvalue weighted by Gasteiger charge is 2.07. The van der Waals surface area contributed by atoms with E-state index >= 15 is 0 Å². The van der Waals surface area contributed by atoms with Crippen molar-refractivity contribution in [1.29, 1.82) is 0 Å². The summed E-state index contributed by atoms with van der Waals surface area (Å²) < 4.78 is 12.9. The summed E-state index contributed by atoms with van der Waals surface area (Å²) in [5.74, 6) is 3.77. The van der Waals surface area contributed by atoms with Gasteiger partial charge in [-0.2, -0.15) is 0 Å². The van der Waals surface area contributed by atoms with Gasteiger partial charge in [0.25, 0.3) is 0 Å². The van der Waals surface area contributed by atoms with Crippen LogP contribution in [0.5, 0.6) is 11.5 Å². The van der Waals surface area contributed by atoms with Crippen molar-refractivity contribution >= 4 is 35.6 Å². The molecular formula is C21H27IN6O2. The zero-order valence-electron chi connectivity index (χ0n) is 17.5. The number of halogens is 1. The molecule has 0 radical (unpaired) electrons. The number of benzene rings is 1. The van der Waals surface area contributed by atoms with Gasteiger partial charge in [0, 0.05) is 43.9 Å². The van der Waals surface area contributed by atoms with Crippen LogP contribution in [0.3, 0.4) is 0 Å². The molecule has 3 rings (SSSR count). The van der Waals surface area contributed by atoms with Crippen molar-refractivity contribution in [2.75, 3.05) is 26.1 Å². The molecular weight excluding hydrogens is 495 g/mol. The van der Waals surface area contributed by atoms with Crippen LogP contribution in [0.25, 0.3) is 5.82 Å². The molecule has 0 saturated heterocycles. The molecule has 0 fully saturated rings. The Morgan fingerprint density at radius 2 is 2.00 bits per heavy atom. The summed E-state index contributed by atoms with van der Waals surface area (Å²) in [6, 6.07) is 9.67. The van der Waals surface area contributed by atoms with E-state index in [0.29, 0.717) is 30.6 Å². The Labute approximate surface area is 193 Å². The lowest BCUT2D eigenvalue weighted by Crippen LogP contribution is -2.30. The second-order valence-corrected chi connectivity index (χ2v) is 6.22. The van der Waals surface area contributed by atoms with E-state index in [1.165, 1.54) is 0 Å². The third-order valence-corrected chi connectivity index (χ3v) is 4.29. The largest absolute Gasteiger partial charge is 0.493 e. The van der Waals surface area contributed by atoms with Crippen molar-refractivity contribution in [3.8, 4) is 17.3 Å². The van der Waals surface area contributed by atoms with E-state index in [2.05, 4.69) is 25.6 Å². The molecule has 0 unspecified atom stereocenters. The van der Waals surface area contributed by atoms with Crippen molar-refractivity contribution < 1.29 is 9.47 Å². The van der Waals surface area contributed by atoms with Crippen LogP contribution in [-0.2, 0) is 6.54 Å². The SMILES string of the molecule is CCOc1ccc(NC(=NC)NCc2ccc(-n3ccnc3C)nc2)cc1OC.I. The fraction of sp³-hybridized carbons (Fsp3) is 0.286. The van der Waals surface area contributed by atoms with Gasteiger partial charge >= 0.3 is 0 Å². The van der Waals surface area contributed by atoms with Gasteiger partial charge in [0.15, 0.2) is 17.5 Å². The number of rotatable bonds is 7. The average Bonchev–Trinajstić information content (AvgIpc) is 3.18. The van der Waals surface area contributed by atoms with Gasteiger partial charge in [0.1, 0.15) is 11.6 Å². The van der Waals surface area contributed by atoms with Crippen molar-refractivity contribution in [3.63, 3.8) is 0 Å². The molecule has 1 aromatic carbocycles. The van der Waals surface area contributed by atoms with E-state index in [9.17, 15) is 0 Å². The van der Waals surface area contributed by atoms with E-state index in [1.54, 1.807) is 20.4 Å². The Kier molecular flexibility index (Phi) is 8.90. The van der Waals surface area contributed by atoms with Crippen LogP contribution in [0.1, 0.15) is 18.3 Å². The lowest BCUT2D eigenvalue weighted by Gasteiger charge is -2.14. The number of aryl methyl sites for hydroxylation is 1. The van der Waals surface area contributed by atoms with Crippen LogP contribution in [0.15, 0.2) is 53.9 Å². The van der Waals surface area contributed by atoms with Gasteiger partial charge in [-0.3, -0.25) is 9.56 Å². The standard InChI is InChI=1S/C21H26N6O2.HI/c1-5-29-18-8-7-17(12-19(18)28-4)26-21(22-3)25-14-16-6-9-20(24-13-16)27-11-10-23-15(27)2;/h6-13H,5,14H2,1-4H3,(H2,22,25,26);1H. The molecule has 0 saturated carbocycles. The quantitative estimate of drug-likeness (QED) is 0.279. The van der Waals surface area contributed by atoms with Gasteiger partial charge in [-0.25, -0.2) is 9.97 Å². The molecule has 30 heavy (non-hydrogen) atoms. The molecule has 0 bridgehead atoms. The lowest BCUT2D eigenvalue weighted by atomic mass is 10.2. The van der Waals surface area contributed by atoms with Gasteiger partial charge in [-0.1, -0.05) is 6.07 Å². The molecule has 9 heteroatoms. The van der Waals surface area contributed by atoms with Crippen LogP contribution in [0.2, 0.25) is 0 Å². The number of hydrogen-bond donors (Lipinski definition) is 2. The number of pyridine rings is 1. The van der Waals surface area contributed by atoms with Crippen molar-refractivity contribution in [2.24, 2.45) is 4.99 Å². The van der Waals surface area contributed by atoms with Gasteiger partial charge in [0.2, 0.25) is 0 Å². The number of aromatic nitrogens is 3. The first-order valence-corrected chi connectivity index (χ1v) is 9.38. The fourth-order valence-corrected chi connectivity index (χ4v) is 2.81. The summed E-state index contributed by atoms with van der Waals surface area (Å²) in [4.78, 5) is 13.0. The lowest BCUT2D eigenvalue weighted by molar-refractivity contribution is 0.311. The number of nitrogens with one attached hydrogen (secondary N) is 2. The Balaban J connectivity index is 0.00000320. The van der Waals surface area contributed by atoms with Crippen molar-refractivity contribution in [1.82, 2.24) is 19.9 Å². The smallest absolute Gasteiger partial charge is 0.195 e. The number of ether oxygens (including phenoxy) is 2. The van der Waals surface area contributed by atoms with E-state index in [-0.39, 0.29) is 24.0 Å². The minimum atomic E-state index is 0. The summed E-state index contributed by atoms with van der Waals surface area (Å²) in [5.41, 5.74) is 1.89. The normalized spacial score (nSPS) is 10.9. The zero-order valence-corrected chi connectivity index (χ0v) is 19.9. The predicted molar refractivity (Wildman–Crippen MR) is 129 cm³/mol. The number of hydrogen-bond acceptors (Lipinski definition) is 5. The maximum Gasteiger partial charge on any atom is 0.195 e. The molecule has 8 nitrogen and oxygen atoms in total. The molecule has 0 atom stereocenters. The molecule has 0 spiro atoms. The predicted octanol–water partition coefficient (Wildman–Crippen LogP) is 3.79. The summed E-state index contributed by atoms with van der Waals surface area (Å²) in [5, 5.41) is 6.54. The Morgan fingerprint density at radius 3 is 2.60 bits per heavy atom. The number of methoxy groups -OCH3 is 1. The first-order valence-electron chi connectivity index (χ1n) is 9.38. The van der Waals surface area contributed by atoms with Crippen molar-refractivity contribution in [3.05, 3.63) is 60.3 Å². The third kappa shape index (κ3) is 5.85. The maximum atomic E-state index is 5.55. The molecule has 0 aliphatic carbocycles. The third-order valence-electron chi connectivity index (χ3n) is 4.29. The van der Waals surface area contributed by atoms with E-state index in [4.69, 9.17) is 9.47 Å². The van der Waals surface area contributed by atoms with E-state index in [1.807, 2.05) is 61.1 Å². The summed E-state index contributed by atoms with van der Waals surface area (Å²) in [6.45, 7) is 5.06. The van der Waals surface area contributed by atoms with Gasteiger partial charge in [-0.15, -0.1) is 24.0 Å². The van der Waals surface area contributed by atoms with Crippen LogP contribution in [0, 0.1) is 6.92 Å². The summed E-state index contributed by atoms with van der Waals surface area (Å²) in [7, 11) is 3.35. The van der Waals surface area contributed by atoms with Gasteiger partial charge < -0.3 is 20.1 Å². The Bertz CT molecular complexity index is 972. The number of anilines is 1. The second-order valence-electron chi connectivity index (χ2n) is 6.22. The molecule has 3 aromatic rings. The summed E-state index contributed by atoms with van der Waals surface area (Å²) in [6.07, 6.45) is 5.50. The topological polar surface area (TPSA) is 85.6 Å². The van der Waals surface area contributed by atoms with E-state index < -0.39 is 0 Å². The zero-order chi connectivity index (χ0) is 20.6. The fourth-order valence-electron chi connectivity index (χ4n) is 2.81. The van der Waals surface area contributed by atoms with Crippen LogP contribution >= 0.6 is 24.0 Å². The maximum absolute atomic E-state index is 5.55. The molecule has 2 aromatic heterocycles. The highest BCUT2D eigenvalue weighted by Crippen LogP contribution is 2.30. The molecule has 0 aliphatic rings. The van der Waals surface area contributed by atoms with Crippen LogP contribution in [-0.4, -0.2) is 41.3 Å². The second kappa shape index (κ2) is 11.4. The Morgan fingerprint density at radius 1 is 1.17 bits per heavy atom. The highest BCUT2D eigenvalue weighted by molar-refractivity contribution is 14.0. The van der Waals surface area contributed by atoms with Gasteiger partial charge in [-0.05, 0) is 37.6 Å². The monoisotopic (exact) mass is 522 g/mol. The number of nitrogens with zero attached hydrogens (tertiary/aromatic N) is 4. The molecule has 2 N–H and O–H groups in total. The van der Waals surface area contributed by atoms with Crippen molar-refractivity contribution in [2.45, 2.75) is 20.4 Å². The number of imidazole rings is 1. The van der Waals surface area contributed by atoms with Gasteiger partial charge in [0.05, 0.1) is 13.7 Å². The molecule has 0 amide bonds. The average molecular weight is 522 g/mol. The summed E-state index contributed by atoms with van der Waals surface area (Å²) >= 11 is 0. The molecule has 0 aliphatic heterocycles. The first kappa shape index (κ1) is 23.5. The molecule has 160 valence electrons. The minimum absolute atomic E-state index is 0. The van der Waals surface area contributed by atoms with E-state index in [0.717, 1.165) is 22.9 Å². The molecule has 2 heterocycles. The highest BCUT2D eigenvalue weighted by atomic mass is 127. The van der Waals surface area contributed by atoms with Crippen LogP contribution in [0.4, 0.5) is 5.69 Å². The first-order chi connectivity index (χ1) is 14.1.